The van der Waals surface area contributed by atoms with E-state index < -0.39 is 5.54 Å². The third kappa shape index (κ3) is 5.04. The Bertz CT molecular complexity index is 308. The van der Waals surface area contributed by atoms with E-state index in [1.165, 1.54) is 12.8 Å². The van der Waals surface area contributed by atoms with Gasteiger partial charge < -0.3 is 16.0 Å². The number of rotatable bonds is 9. The molecule has 2 unspecified atom stereocenters. The van der Waals surface area contributed by atoms with E-state index in [1.807, 2.05) is 6.92 Å². The number of amides is 1. The Morgan fingerprint density at radius 1 is 1.50 bits per heavy atom. The molecule has 0 bridgehead atoms. The first-order chi connectivity index (χ1) is 9.39. The van der Waals surface area contributed by atoms with Crippen molar-refractivity contribution in [2.75, 3.05) is 40.3 Å². The maximum Gasteiger partial charge on any atom is 0.237 e. The maximum atomic E-state index is 11.7. The van der Waals surface area contributed by atoms with Gasteiger partial charge in [-0.1, -0.05) is 6.92 Å². The van der Waals surface area contributed by atoms with Crippen molar-refractivity contribution in [1.82, 2.24) is 15.1 Å². The molecule has 1 saturated heterocycles. The first kappa shape index (κ1) is 17.4. The van der Waals surface area contributed by atoms with Crippen LogP contribution >= 0.6 is 0 Å². The summed E-state index contributed by atoms with van der Waals surface area (Å²) in [4.78, 5) is 16.5. The highest BCUT2D eigenvalue weighted by atomic mass is 16.1. The van der Waals surface area contributed by atoms with Crippen LogP contribution in [0, 0.1) is 0 Å². The van der Waals surface area contributed by atoms with Crippen LogP contribution in [-0.2, 0) is 4.79 Å². The summed E-state index contributed by atoms with van der Waals surface area (Å²) < 4.78 is 0. The zero-order valence-corrected chi connectivity index (χ0v) is 13.6. The van der Waals surface area contributed by atoms with E-state index in [-0.39, 0.29) is 5.91 Å². The Balaban J connectivity index is 2.51. The number of likely N-dealkylation sites (tertiary alicyclic amines) is 1. The lowest BCUT2D eigenvalue weighted by atomic mass is 9.96. The minimum atomic E-state index is -0.582. The number of carbonyl (C=O) groups excluding carboxylic acids is 1. The van der Waals surface area contributed by atoms with Crippen molar-refractivity contribution in [3.8, 4) is 0 Å². The molecule has 0 radical (unpaired) electrons. The van der Waals surface area contributed by atoms with E-state index in [1.54, 1.807) is 0 Å². The molecule has 1 amide bonds. The summed E-state index contributed by atoms with van der Waals surface area (Å²) in [5.41, 5.74) is 5.00. The van der Waals surface area contributed by atoms with Gasteiger partial charge in [-0.25, -0.2) is 0 Å². The Labute approximate surface area is 123 Å². The second-order valence-corrected chi connectivity index (χ2v) is 6.47. The van der Waals surface area contributed by atoms with Crippen LogP contribution in [0.3, 0.4) is 0 Å². The molecular formula is C15H32N4O. The summed E-state index contributed by atoms with van der Waals surface area (Å²) in [6, 6.07) is 0.619. The maximum absolute atomic E-state index is 11.7. The number of nitrogens with one attached hydrogen (secondary N) is 1. The Morgan fingerprint density at radius 3 is 2.75 bits per heavy atom. The number of nitrogens with zero attached hydrogens (tertiary/aromatic N) is 2. The standard InChI is InChI=1S/C15H32N4O/c1-5-9-17-15(2,14(16)20)8-11-19-10-6-7-13(19)12-18(3)4/h13,17H,5-12H2,1-4H3,(H2,16,20). The Hall–Kier alpha value is -0.650. The molecule has 0 saturated carbocycles. The molecule has 0 aromatic carbocycles. The second kappa shape index (κ2) is 7.96. The normalized spacial score (nSPS) is 23.1. The fourth-order valence-corrected chi connectivity index (χ4v) is 2.88. The highest BCUT2D eigenvalue weighted by Gasteiger charge is 2.32. The summed E-state index contributed by atoms with van der Waals surface area (Å²) in [6.07, 6.45) is 4.31. The first-order valence-electron chi connectivity index (χ1n) is 7.82. The molecule has 0 aliphatic carbocycles. The Morgan fingerprint density at radius 2 is 2.20 bits per heavy atom. The van der Waals surface area contributed by atoms with E-state index in [4.69, 9.17) is 5.73 Å². The molecule has 5 heteroatoms. The molecule has 0 spiro atoms. The number of carbonyl (C=O) groups is 1. The molecule has 118 valence electrons. The number of likely N-dealkylation sites (N-methyl/N-ethyl adjacent to an activating group) is 1. The lowest BCUT2D eigenvalue weighted by Crippen LogP contribution is -2.55. The Kier molecular flexibility index (Phi) is 6.92. The third-order valence-electron chi connectivity index (χ3n) is 4.28. The van der Waals surface area contributed by atoms with Crippen LogP contribution in [0.1, 0.15) is 39.5 Å². The fourth-order valence-electron chi connectivity index (χ4n) is 2.88. The van der Waals surface area contributed by atoms with Gasteiger partial charge in [0.05, 0.1) is 5.54 Å². The molecule has 1 fully saturated rings. The van der Waals surface area contributed by atoms with Crippen molar-refractivity contribution < 1.29 is 4.79 Å². The molecule has 1 aliphatic rings. The average Bonchev–Trinajstić information content (AvgIpc) is 2.80. The highest BCUT2D eigenvalue weighted by molar-refractivity contribution is 5.84. The molecule has 0 aromatic rings. The lowest BCUT2D eigenvalue weighted by Gasteiger charge is -2.32. The van der Waals surface area contributed by atoms with E-state index in [2.05, 4.69) is 36.1 Å². The molecular weight excluding hydrogens is 252 g/mol. The topological polar surface area (TPSA) is 61.6 Å². The number of nitrogens with two attached hydrogens (primary N) is 1. The van der Waals surface area contributed by atoms with Crippen molar-refractivity contribution in [2.45, 2.75) is 51.1 Å². The van der Waals surface area contributed by atoms with Gasteiger partial charge in [0.1, 0.15) is 0 Å². The van der Waals surface area contributed by atoms with Crippen LogP contribution in [0.5, 0.6) is 0 Å². The molecule has 1 rings (SSSR count). The van der Waals surface area contributed by atoms with Gasteiger partial charge in [-0.05, 0) is 59.8 Å². The minimum Gasteiger partial charge on any atom is -0.368 e. The molecule has 1 aliphatic heterocycles. The van der Waals surface area contributed by atoms with E-state index >= 15 is 0 Å². The summed E-state index contributed by atoms with van der Waals surface area (Å²) in [5, 5.41) is 3.31. The van der Waals surface area contributed by atoms with Gasteiger partial charge in [-0.15, -0.1) is 0 Å². The smallest absolute Gasteiger partial charge is 0.237 e. The second-order valence-electron chi connectivity index (χ2n) is 6.47. The number of hydrogen-bond acceptors (Lipinski definition) is 4. The van der Waals surface area contributed by atoms with Gasteiger partial charge in [0.15, 0.2) is 0 Å². The van der Waals surface area contributed by atoms with E-state index in [0.717, 1.165) is 39.0 Å². The first-order valence-corrected chi connectivity index (χ1v) is 7.82. The number of primary amides is 1. The fraction of sp³-hybridized carbons (Fsp3) is 0.933. The summed E-state index contributed by atoms with van der Waals surface area (Å²) >= 11 is 0. The molecule has 0 aromatic heterocycles. The van der Waals surface area contributed by atoms with Crippen molar-refractivity contribution in [1.29, 1.82) is 0 Å². The lowest BCUT2D eigenvalue weighted by molar-refractivity contribution is -0.124. The van der Waals surface area contributed by atoms with Crippen molar-refractivity contribution >= 4 is 5.91 Å². The van der Waals surface area contributed by atoms with Crippen LogP contribution < -0.4 is 11.1 Å². The van der Waals surface area contributed by atoms with Crippen molar-refractivity contribution in [3.05, 3.63) is 0 Å². The van der Waals surface area contributed by atoms with Crippen LogP contribution in [0.4, 0.5) is 0 Å². The van der Waals surface area contributed by atoms with Crippen LogP contribution in [0.25, 0.3) is 0 Å². The summed E-state index contributed by atoms with van der Waals surface area (Å²) in [7, 11) is 4.24. The molecule has 1 heterocycles. The molecule has 20 heavy (non-hydrogen) atoms. The van der Waals surface area contributed by atoms with Crippen molar-refractivity contribution in [3.63, 3.8) is 0 Å². The zero-order chi connectivity index (χ0) is 15.2. The van der Waals surface area contributed by atoms with Crippen LogP contribution in [0.2, 0.25) is 0 Å². The molecule has 2 atom stereocenters. The predicted molar refractivity (Wildman–Crippen MR) is 83.7 cm³/mol. The van der Waals surface area contributed by atoms with Gasteiger partial charge >= 0.3 is 0 Å². The predicted octanol–water partition coefficient (Wildman–Crippen LogP) is 0.646. The SMILES string of the molecule is CCCNC(C)(CCN1CCCC1CN(C)C)C(N)=O. The largest absolute Gasteiger partial charge is 0.368 e. The monoisotopic (exact) mass is 284 g/mol. The third-order valence-corrected chi connectivity index (χ3v) is 4.28. The van der Waals surface area contributed by atoms with Gasteiger partial charge in [0, 0.05) is 19.1 Å². The van der Waals surface area contributed by atoms with Gasteiger partial charge in [-0.3, -0.25) is 9.69 Å². The summed E-state index contributed by atoms with van der Waals surface area (Å²) in [6.45, 7) is 8.04. The minimum absolute atomic E-state index is 0.241. The number of hydrogen-bond donors (Lipinski definition) is 2. The van der Waals surface area contributed by atoms with Gasteiger partial charge in [0.25, 0.3) is 0 Å². The summed E-state index contributed by atoms with van der Waals surface area (Å²) in [5.74, 6) is -0.241. The molecule has 5 nitrogen and oxygen atoms in total. The highest BCUT2D eigenvalue weighted by Crippen LogP contribution is 2.20. The van der Waals surface area contributed by atoms with E-state index in [0.29, 0.717) is 6.04 Å². The van der Waals surface area contributed by atoms with Crippen LogP contribution in [-0.4, -0.2) is 67.6 Å². The van der Waals surface area contributed by atoms with Gasteiger partial charge in [-0.2, -0.15) is 0 Å². The van der Waals surface area contributed by atoms with E-state index in [9.17, 15) is 4.79 Å². The van der Waals surface area contributed by atoms with Crippen LogP contribution in [0.15, 0.2) is 0 Å². The van der Waals surface area contributed by atoms with Crippen molar-refractivity contribution in [2.24, 2.45) is 5.73 Å². The quantitative estimate of drug-likeness (QED) is 0.652. The average molecular weight is 284 g/mol. The molecule has 3 N–H and O–H groups in total. The zero-order valence-electron chi connectivity index (χ0n) is 13.6. The van der Waals surface area contributed by atoms with Gasteiger partial charge in [0.2, 0.25) is 5.91 Å².